The van der Waals surface area contributed by atoms with Crippen LogP contribution in [0.25, 0.3) is 0 Å². The van der Waals surface area contributed by atoms with Gasteiger partial charge in [0.2, 0.25) is 0 Å². The van der Waals surface area contributed by atoms with Crippen molar-refractivity contribution in [2.24, 2.45) is 0 Å². The number of thiophene rings is 1. The third-order valence-corrected chi connectivity index (χ3v) is 5.53. The summed E-state index contributed by atoms with van der Waals surface area (Å²) < 4.78 is 5.43. The molecule has 1 aliphatic rings. The highest BCUT2D eigenvalue weighted by Crippen LogP contribution is 2.30. The van der Waals surface area contributed by atoms with E-state index >= 15 is 0 Å². The number of fused-ring (bicyclic) bond motifs is 1. The number of nitrogens with one attached hydrogen (secondary N) is 1. The molecule has 0 saturated carbocycles. The molecule has 1 amide bonds. The molecule has 0 bridgehead atoms. The van der Waals surface area contributed by atoms with Gasteiger partial charge in [-0.05, 0) is 55.9 Å². The Morgan fingerprint density at radius 2 is 2.16 bits per heavy atom. The summed E-state index contributed by atoms with van der Waals surface area (Å²) in [6.45, 7) is 1.80. The zero-order valence-corrected chi connectivity index (χ0v) is 15.5. The fourth-order valence-electron chi connectivity index (χ4n) is 2.76. The monoisotopic (exact) mass is 378 g/mol. The molecule has 25 heavy (non-hydrogen) atoms. The highest BCUT2D eigenvalue weighted by atomic mass is 35.5. The van der Waals surface area contributed by atoms with Crippen LogP contribution in [0.15, 0.2) is 24.4 Å². The topological polar surface area (TPSA) is 68.3 Å². The van der Waals surface area contributed by atoms with Crippen molar-refractivity contribution in [3.8, 4) is 0 Å². The van der Waals surface area contributed by atoms with Crippen LogP contribution in [0.4, 0.5) is 5.82 Å². The maximum atomic E-state index is 12.4. The Morgan fingerprint density at radius 1 is 1.36 bits per heavy atom. The first-order chi connectivity index (χ1) is 12.1. The lowest BCUT2D eigenvalue weighted by Gasteiger charge is -2.15. The SMILES string of the molecule is CCC(OC(=O)c1cc2c(s1)CCCC2)C(=O)Nc1ccc(Cl)cn1. The van der Waals surface area contributed by atoms with Gasteiger partial charge in [-0.25, -0.2) is 9.78 Å². The predicted octanol–water partition coefficient (Wildman–Crippen LogP) is 4.25. The quantitative estimate of drug-likeness (QED) is 0.790. The number of amides is 1. The normalized spacial score (nSPS) is 14.5. The number of carbonyl (C=O) groups excluding carboxylic acids is 2. The zero-order valence-electron chi connectivity index (χ0n) is 13.9. The molecule has 2 aromatic heterocycles. The number of esters is 1. The average molecular weight is 379 g/mol. The van der Waals surface area contributed by atoms with E-state index in [0.717, 1.165) is 25.7 Å². The number of rotatable bonds is 5. The number of pyridine rings is 1. The second-order valence-electron chi connectivity index (χ2n) is 5.92. The van der Waals surface area contributed by atoms with E-state index in [1.165, 1.54) is 28.0 Å². The number of anilines is 1. The number of halogens is 1. The van der Waals surface area contributed by atoms with Crippen LogP contribution in [-0.2, 0) is 22.4 Å². The number of hydrogen-bond donors (Lipinski definition) is 1. The predicted molar refractivity (Wildman–Crippen MR) is 98.3 cm³/mol. The van der Waals surface area contributed by atoms with Crippen molar-refractivity contribution in [2.45, 2.75) is 45.1 Å². The molecule has 3 rings (SSSR count). The first-order valence-corrected chi connectivity index (χ1v) is 9.51. The molecule has 132 valence electrons. The lowest BCUT2D eigenvalue weighted by molar-refractivity contribution is -0.124. The van der Waals surface area contributed by atoms with Gasteiger partial charge in [0.1, 0.15) is 10.7 Å². The summed E-state index contributed by atoms with van der Waals surface area (Å²) in [5.74, 6) is -0.465. The highest BCUT2D eigenvalue weighted by molar-refractivity contribution is 7.14. The smallest absolute Gasteiger partial charge is 0.349 e. The van der Waals surface area contributed by atoms with E-state index in [1.54, 1.807) is 19.1 Å². The Hall–Kier alpha value is -1.92. The molecule has 7 heteroatoms. The Morgan fingerprint density at radius 3 is 2.84 bits per heavy atom. The molecule has 0 aliphatic heterocycles. The molecule has 1 aliphatic carbocycles. The molecule has 0 radical (unpaired) electrons. The molecule has 5 nitrogen and oxygen atoms in total. The van der Waals surface area contributed by atoms with Crippen molar-refractivity contribution >= 4 is 40.6 Å². The van der Waals surface area contributed by atoms with Crippen LogP contribution < -0.4 is 5.32 Å². The number of carbonyl (C=O) groups is 2. The number of ether oxygens (including phenoxy) is 1. The number of hydrogen-bond acceptors (Lipinski definition) is 5. The van der Waals surface area contributed by atoms with Gasteiger partial charge < -0.3 is 10.1 Å². The summed E-state index contributed by atoms with van der Waals surface area (Å²) in [5, 5.41) is 3.13. The van der Waals surface area contributed by atoms with Gasteiger partial charge in [0, 0.05) is 11.1 Å². The lowest BCUT2D eigenvalue weighted by Crippen LogP contribution is -2.32. The van der Waals surface area contributed by atoms with Crippen LogP contribution in [0.1, 0.15) is 46.3 Å². The summed E-state index contributed by atoms with van der Waals surface area (Å²) >= 11 is 7.25. The van der Waals surface area contributed by atoms with Crippen molar-refractivity contribution in [2.75, 3.05) is 5.32 Å². The number of aromatic nitrogens is 1. The Kier molecular flexibility index (Phi) is 5.71. The third kappa shape index (κ3) is 4.38. The van der Waals surface area contributed by atoms with Gasteiger partial charge in [0.25, 0.3) is 5.91 Å². The van der Waals surface area contributed by atoms with Crippen LogP contribution in [0.3, 0.4) is 0 Å². The fourth-order valence-corrected chi connectivity index (χ4v) is 4.01. The molecule has 0 fully saturated rings. The molecule has 0 aromatic carbocycles. The number of nitrogens with zero attached hydrogens (tertiary/aromatic N) is 1. The summed E-state index contributed by atoms with van der Waals surface area (Å²) in [6.07, 6.45) is 5.33. The summed E-state index contributed by atoms with van der Waals surface area (Å²) in [6, 6.07) is 5.14. The molecule has 0 spiro atoms. The largest absolute Gasteiger partial charge is 0.448 e. The molecule has 0 saturated heterocycles. The minimum atomic E-state index is -0.857. The van der Waals surface area contributed by atoms with Crippen LogP contribution in [-0.4, -0.2) is 23.0 Å². The van der Waals surface area contributed by atoms with Gasteiger partial charge >= 0.3 is 5.97 Å². The molecular weight excluding hydrogens is 360 g/mol. The second-order valence-corrected chi connectivity index (χ2v) is 7.49. The molecule has 1 unspecified atom stereocenters. The third-order valence-electron chi connectivity index (χ3n) is 4.09. The van der Waals surface area contributed by atoms with E-state index in [0.29, 0.717) is 22.1 Å². The molecule has 2 heterocycles. The van der Waals surface area contributed by atoms with E-state index in [4.69, 9.17) is 16.3 Å². The van der Waals surface area contributed by atoms with E-state index in [1.807, 2.05) is 6.07 Å². The molecule has 2 aromatic rings. The van der Waals surface area contributed by atoms with E-state index in [9.17, 15) is 9.59 Å². The van der Waals surface area contributed by atoms with Crippen molar-refractivity contribution in [3.63, 3.8) is 0 Å². The van der Waals surface area contributed by atoms with Gasteiger partial charge in [-0.2, -0.15) is 0 Å². The summed E-state index contributed by atoms with van der Waals surface area (Å²) in [5.41, 5.74) is 1.24. The van der Waals surface area contributed by atoms with E-state index in [2.05, 4.69) is 10.3 Å². The Labute approximate surface area is 155 Å². The standard InChI is InChI=1S/C18H19ClN2O3S/c1-2-13(17(22)21-16-8-7-12(19)10-20-16)24-18(23)15-9-11-5-3-4-6-14(11)25-15/h7-10,13H,2-6H2,1H3,(H,20,21,22). The van der Waals surface area contributed by atoms with Gasteiger partial charge in [0.15, 0.2) is 6.10 Å². The Bertz CT molecular complexity index is 750. The van der Waals surface area contributed by atoms with Crippen LogP contribution in [0.2, 0.25) is 5.02 Å². The minimum absolute atomic E-state index is 0.371. The first-order valence-electron chi connectivity index (χ1n) is 8.31. The first kappa shape index (κ1) is 17.9. The highest BCUT2D eigenvalue weighted by Gasteiger charge is 2.25. The van der Waals surface area contributed by atoms with Crippen molar-refractivity contribution in [1.82, 2.24) is 4.98 Å². The Balaban J connectivity index is 1.64. The second kappa shape index (κ2) is 7.97. The van der Waals surface area contributed by atoms with E-state index < -0.39 is 18.0 Å². The van der Waals surface area contributed by atoms with Crippen LogP contribution >= 0.6 is 22.9 Å². The number of aryl methyl sites for hydroxylation is 2. The lowest BCUT2D eigenvalue weighted by atomic mass is 9.99. The zero-order chi connectivity index (χ0) is 17.8. The van der Waals surface area contributed by atoms with Crippen molar-refractivity contribution in [3.05, 3.63) is 44.7 Å². The summed E-state index contributed by atoms with van der Waals surface area (Å²) in [7, 11) is 0. The van der Waals surface area contributed by atoms with Crippen molar-refractivity contribution < 1.29 is 14.3 Å². The fraction of sp³-hybridized carbons (Fsp3) is 0.389. The summed E-state index contributed by atoms with van der Waals surface area (Å²) in [4.78, 5) is 30.6. The average Bonchev–Trinajstić information content (AvgIpc) is 3.05. The van der Waals surface area contributed by atoms with Gasteiger partial charge in [0.05, 0.1) is 5.02 Å². The van der Waals surface area contributed by atoms with Gasteiger partial charge in [-0.3, -0.25) is 4.79 Å². The maximum Gasteiger partial charge on any atom is 0.349 e. The molecule has 1 N–H and O–H groups in total. The van der Waals surface area contributed by atoms with Gasteiger partial charge in [-0.15, -0.1) is 11.3 Å². The van der Waals surface area contributed by atoms with E-state index in [-0.39, 0.29) is 0 Å². The van der Waals surface area contributed by atoms with Gasteiger partial charge in [-0.1, -0.05) is 18.5 Å². The minimum Gasteiger partial charge on any atom is -0.448 e. The molecular formula is C18H19ClN2O3S. The van der Waals surface area contributed by atoms with Crippen LogP contribution in [0, 0.1) is 0 Å². The van der Waals surface area contributed by atoms with Crippen LogP contribution in [0.5, 0.6) is 0 Å². The maximum absolute atomic E-state index is 12.4. The molecule has 1 atom stereocenters. The van der Waals surface area contributed by atoms with Crippen molar-refractivity contribution in [1.29, 1.82) is 0 Å².